The van der Waals surface area contributed by atoms with Crippen molar-refractivity contribution in [1.82, 2.24) is 9.88 Å². The highest BCUT2D eigenvalue weighted by Crippen LogP contribution is 2.24. The average Bonchev–Trinajstić information content (AvgIpc) is 3.10. The summed E-state index contributed by atoms with van der Waals surface area (Å²) < 4.78 is 38.8. The highest BCUT2D eigenvalue weighted by molar-refractivity contribution is 7.89. The zero-order chi connectivity index (χ0) is 23.3. The van der Waals surface area contributed by atoms with Crippen LogP contribution < -0.4 is 14.8 Å². The summed E-state index contributed by atoms with van der Waals surface area (Å²) in [6.07, 6.45) is 3.34. The van der Waals surface area contributed by atoms with Crippen LogP contribution in [0.5, 0.6) is 5.75 Å². The summed E-state index contributed by atoms with van der Waals surface area (Å²) in [6.45, 7) is 5.01. The van der Waals surface area contributed by atoms with Crippen molar-refractivity contribution in [2.45, 2.75) is 32.2 Å². The van der Waals surface area contributed by atoms with E-state index >= 15 is 0 Å². The van der Waals surface area contributed by atoms with Gasteiger partial charge in [0.15, 0.2) is 5.76 Å². The van der Waals surface area contributed by atoms with Crippen LogP contribution in [0.2, 0.25) is 0 Å². The van der Waals surface area contributed by atoms with Crippen molar-refractivity contribution in [2.24, 2.45) is 0 Å². The Labute approximate surface area is 187 Å². The maximum atomic E-state index is 12.9. The molecule has 1 heterocycles. The zero-order valence-corrected chi connectivity index (χ0v) is 19.1. The van der Waals surface area contributed by atoms with Crippen LogP contribution in [0.15, 0.2) is 51.9 Å². The van der Waals surface area contributed by atoms with Gasteiger partial charge in [-0.05, 0) is 54.8 Å². The highest BCUT2D eigenvalue weighted by Gasteiger charge is 2.17. The molecule has 0 fully saturated rings. The van der Waals surface area contributed by atoms with Crippen LogP contribution in [0.1, 0.15) is 35.1 Å². The van der Waals surface area contributed by atoms with Crippen molar-refractivity contribution >= 4 is 33.8 Å². The van der Waals surface area contributed by atoms with Crippen LogP contribution in [0.4, 0.5) is 5.69 Å². The van der Waals surface area contributed by atoms with Crippen molar-refractivity contribution in [3.63, 3.8) is 0 Å². The minimum atomic E-state index is -3.74. The predicted octanol–water partition coefficient (Wildman–Crippen LogP) is 3.91. The Morgan fingerprint density at radius 2 is 1.84 bits per heavy atom. The SMILES string of the molecule is COc1ccc(CNS(=O)(=O)c2cc(/C=C\c3onc(C)c3NC(C)=O)ccc2C)cc1. The third-order valence-electron chi connectivity index (χ3n) is 4.74. The van der Waals surface area contributed by atoms with Crippen LogP contribution in [0.3, 0.4) is 0 Å². The van der Waals surface area contributed by atoms with E-state index < -0.39 is 10.0 Å². The molecule has 3 aromatic rings. The van der Waals surface area contributed by atoms with Crippen LogP contribution in [0.25, 0.3) is 12.2 Å². The molecule has 1 aromatic heterocycles. The summed E-state index contributed by atoms with van der Waals surface area (Å²) in [5.74, 6) is 0.841. The molecule has 1 amide bonds. The number of ether oxygens (including phenoxy) is 1. The smallest absolute Gasteiger partial charge is 0.241 e. The number of nitrogens with zero attached hydrogens (tertiary/aromatic N) is 1. The lowest BCUT2D eigenvalue weighted by atomic mass is 10.1. The van der Waals surface area contributed by atoms with E-state index in [4.69, 9.17) is 9.26 Å². The Balaban J connectivity index is 1.80. The number of benzene rings is 2. The van der Waals surface area contributed by atoms with Gasteiger partial charge < -0.3 is 14.6 Å². The lowest BCUT2D eigenvalue weighted by molar-refractivity contribution is -0.114. The second kappa shape index (κ2) is 9.80. The first kappa shape index (κ1) is 23.2. The summed E-state index contributed by atoms with van der Waals surface area (Å²) >= 11 is 0. The van der Waals surface area contributed by atoms with E-state index in [1.165, 1.54) is 6.92 Å². The Bertz CT molecular complexity index is 1250. The van der Waals surface area contributed by atoms with Crippen LogP contribution in [0, 0.1) is 13.8 Å². The van der Waals surface area contributed by atoms with E-state index in [2.05, 4.69) is 15.2 Å². The summed E-state index contributed by atoms with van der Waals surface area (Å²) in [4.78, 5) is 11.6. The second-order valence-electron chi connectivity index (χ2n) is 7.22. The van der Waals surface area contributed by atoms with Crippen molar-refractivity contribution in [1.29, 1.82) is 0 Å². The monoisotopic (exact) mass is 455 g/mol. The first-order valence-electron chi connectivity index (χ1n) is 9.85. The van der Waals surface area contributed by atoms with Gasteiger partial charge >= 0.3 is 0 Å². The third-order valence-corrected chi connectivity index (χ3v) is 6.29. The number of aryl methyl sites for hydroxylation is 2. The molecule has 0 saturated heterocycles. The first-order chi connectivity index (χ1) is 15.2. The maximum absolute atomic E-state index is 12.9. The fourth-order valence-electron chi connectivity index (χ4n) is 3.01. The van der Waals surface area contributed by atoms with E-state index in [0.717, 1.165) is 5.56 Å². The molecule has 0 bridgehead atoms. The number of carbonyl (C=O) groups excluding carboxylic acids is 1. The van der Waals surface area contributed by atoms with Gasteiger partial charge in [0.1, 0.15) is 17.1 Å². The van der Waals surface area contributed by atoms with Crippen molar-refractivity contribution in [3.8, 4) is 5.75 Å². The largest absolute Gasteiger partial charge is 0.497 e. The lowest BCUT2D eigenvalue weighted by Gasteiger charge is -2.11. The van der Waals surface area contributed by atoms with Gasteiger partial charge in [-0.3, -0.25) is 4.79 Å². The number of aromatic nitrogens is 1. The van der Waals surface area contributed by atoms with E-state index in [1.54, 1.807) is 75.6 Å². The molecule has 168 valence electrons. The van der Waals surface area contributed by atoms with Gasteiger partial charge in [0.25, 0.3) is 0 Å². The molecule has 0 aliphatic heterocycles. The van der Waals surface area contributed by atoms with E-state index in [1.807, 2.05) is 0 Å². The molecule has 0 spiro atoms. The number of hydrogen-bond acceptors (Lipinski definition) is 6. The topological polar surface area (TPSA) is 111 Å². The van der Waals surface area contributed by atoms with Crippen LogP contribution >= 0.6 is 0 Å². The van der Waals surface area contributed by atoms with Gasteiger partial charge in [-0.25, -0.2) is 13.1 Å². The van der Waals surface area contributed by atoms with Crippen molar-refractivity contribution < 1.29 is 22.5 Å². The van der Waals surface area contributed by atoms with Gasteiger partial charge in [-0.1, -0.05) is 35.5 Å². The Morgan fingerprint density at radius 3 is 2.50 bits per heavy atom. The molecule has 3 rings (SSSR count). The summed E-state index contributed by atoms with van der Waals surface area (Å²) in [7, 11) is -2.16. The fourth-order valence-corrected chi connectivity index (χ4v) is 4.31. The molecule has 0 radical (unpaired) electrons. The number of amides is 1. The molecule has 0 unspecified atom stereocenters. The molecule has 0 aliphatic rings. The van der Waals surface area contributed by atoms with E-state index in [-0.39, 0.29) is 17.3 Å². The number of hydrogen-bond donors (Lipinski definition) is 2. The Morgan fingerprint density at radius 1 is 1.12 bits per heavy atom. The Hall–Kier alpha value is -3.43. The molecular formula is C23H25N3O5S. The number of anilines is 1. The normalized spacial score (nSPS) is 11.6. The minimum Gasteiger partial charge on any atom is -0.497 e. The molecule has 0 atom stereocenters. The van der Waals surface area contributed by atoms with Gasteiger partial charge in [-0.2, -0.15) is 0 Å². The number of nitrogens with one attached hydrogen (secondary N) is 2. The van der Waals surface area contributed by atoms with Crippen molar-refractivity contribution in [3.05, 3.63) is 70.6 Å². The van der Waals surface area contributed by atoms with Gasteiger partial charge in [0.05, 0.1) is 12.0 Å². The average molecular weight is 456 g/mol. The molecule has 2 aromatic carbocycles. The number of carbonyl (C=O) groups is 1. The summed E-state index contributed by atoms with van der Waals surface area (Å²) in [5.41, 5.74) is 3.13. The van der Waals surface area contributed by atoms with Crippen molar-refractivity contribution in [2.75, 3.05) is 12.4 Å². The van der Waals surface area contributed by atoms with E-state index in [9.17, 15) is 13.2 Å². The Kier molecular flexibility index (Phi) is 7.12. The molecule has 8 nitrogen and oxygen atoms in total. The minimum absolute atomic E-state index is 0.156. The number of methoxy groups -OCH3 is 1. The molecule has 0 aliphatic carbocycles. The van der Waals surface area contributed by atoms with Gasteiger partial charge in [0.2, 0.25) is 15.9 Å². The maximum Gasteiger partial charge on any atom is 0.241 e. The molecular weight excluding hydrogens is 430 g/mol. The van der Waals surface area contributed by atoms with Crippen LogP contribution in [-0.4, -0.2) is 26.6 Å². The standard InChI is InChI=1S/C23H25N3O5S/c1-15-5-6-18(9-12-21-23(25-17(3)27)16(2)26-31-21)13-22(15)32(28,29)24-14-19-7-10-20(30-4)11-8-19/h5-13,24H,14H2,1-4H3,(H,25,27)/b12-9-. The molecule has 32 heavy (non-hydrogen) atoms. The van der Waals surface area contributed by atoms with E-state index in [0.29, 0.717) is 34.0 Å². The predicted molar refractivity (Wildman–Crippen MR) is 123 cm³/mol. The number of rotatable bonds is 8. The van der Waals surface area contributed by atoms with Gasteiger partial charge in [0, 0.05) is 13.5 Å². The van der Waals surface area contributed by atoms with Gasteiger partial charge in [-0.15, -0.1) is 0 Å². The molecule has 0 saturated carbocycles. The summed E-state index contributed by atoms with van der Waals surface area (Å²) in [6, 6.07) is 12.3. The fraction of sp³-hybridized carbons (Fsp3) is 0.217. The van der Waals surface area contributed by atoms with Crippen LogP contribution in [-0.2, 0) is 21.4 Å². The second-order valence-corrected chi connectivity index (χ2v) is 8.95. The third kappa shape index (κ3) is 5.63. The quantitative estimate of drug-likeness (QED) is 0.533. The number of sulfonamides is 1. The molecule has 2 N–H and O–H groups in total. The lowest BCUT2D eigenvalue weighted by Crippen LogP contribution is -2.24. The highest BCUT2D eigenvalue weighted by atomic mass is 32.2. The first-order valence-corrected chi connectivity index (χ1v) is 11.3. The zero-order valence-electron chi connectivity index (χ0n) is 18.3. The molecule has 9 heteroatoms. The summed E-state index contributed by atoms with van der Waals surface area (Å²) in [5, 5.41) is 6.54.